The standard InChI is InChI=1S/C22H20N2O3/c1-26-19-13-11-17(12-14-19)15-23-24-22(25)20-9-5-6-10-21(20)27-16-18-7-3-2-4-8-18/h2-15H,16H2,1H3,(H,24,25). The van der Waals surface area contributed by atoms with E-state index in [9.17, 15) is 4.79 Å². The lowest BCUT2D eigenvalue weighted by atomic mass is 10.2. The van der Waals surface area contributed by atoms with E-state index in [0.717, 1.165) is 16.9 Å². The molecule has 136 valence electrons. The highest BCUT2D eigenvalue weighted by molar-refractivity contribution is 5.97. The van der Waals surface area contributed by atoms with Gasteiger partial charge in [-0.2, -0.15) is 5.10 Å². The molecule has 0 aliphatic heterocycles. The number of rotatable bonds is 7. The van der Waals surface area contributed by atoms with Crippen molar-refractivity contribution in [2.24, 2.45) is 5.10 Å². The summed E-state index contributed by atoms with van der Waals surface area (Å²) in [6, 6.07) is 24.3. The van der Waals surface area contributed by atoms with Gasteiger partial charge in [0.25, 0.3) is 5.91 Å². The molecule has 27 heavy (non-hydrogen) atoms. The van der Waals surface area contributed by atoms with Crippen LogP contribution < -0.4 is 14.9 Å². The third-order valence-electron chi connectivity index (χ3n) is 3.86. The van der Waals surface area contributed by atoms with Gasteiger partial charge in [-0.3, -0.25) is 4.79 Å². The number of amides is 1. The molecule has 1 N–H and O–H groups in total. The Bertz CT molecular complexity index is 906. The largest absolute Gasteiger partial charge is 0.497 e. The Balaban J connectivity index is 1.63. The Kier molecular flexibility index (Phi) is 6.20. The summed E-state index contributed by atoms with van der Waals surface area (Å²) in [5.74, 6) is 0.947. The summed E-state index contributed by atoms with van der Waals surface area (Å²) >= 11 is 0. The van der Waals surface area contributed by atoms with Gasteiger partial charge in [0.05, 0.1) is 18.9 Å². The van der Waals surface area contributed by atoms with Crippen molar-refractivity contribution < 1.29 is 14.3 Å². The van der Waals surface area contributed by atoms with Crippen LogP contribution in [-0.4, -0.2) is 19.2 Å². The number of para-hydroxylation sites is 1. The van der Waals surface area contributed by atoms with E-state index in [-0.39, 0.29) is 5.91 Å². The molecule has 0 heterocycles. The molecule has 0 radical (unpaired) electrons. The van der Waals surface area contributed by atoms with Crippen LogP contribution >= 0.6 is 0 Å². The number of hydrogen-bond donors (Lipinski definition) is 1. The molecule has 3 aromatic carbocycles. The summed E-state index contributed by atoms with van der Waals surface area (Å²) in [6.45, 7) is 0.389. The first-order valence-electron chi connectivity index (χ1n) is 8.49. The number of benzene rings is 3. The molecule has 3 aromatic rings. The number of methoxy groups -OCH3 is 1. The summed E-state index contributed by atoms with van der Waals surface area (Å²) in [6.07, 6.45) is 1.57. The molecule has 0 bridgehead atoms. The number of nitrogens with one attached hydrogen (secondary N) is 1. The van der Waals surface area contributed by atoms with Crippen molar-refractivity contribution in [3.05, 3.63) is 95.6 Å². The third kappa shape index (κ3) is 5.19. The van der Waals surface area contributed by atoms with E-state index >= 15 is 0 Å². The summed E-state index contributed by atoms with van der Waals surface area (Å²) in [4.78, 5) is 12.4. The minimum atomic E-state index is -0.330. The fourth-order valence-electron chi connectivity index (χ4n) is 2.43. The Morgan fingerprint density at radius 3 is 2.41 bits per heavy atom. The predicted octanol–water partition coefficient (Wildman–Crippen LogP) is 4.04. The van der Waals surface area contributed by atoms with Crippen LogP contribution in [0.5, 0.6) is 11.5 Å². The maximum atomic E-state index is 12.4. The fraction of sp³-hybridized carbons (Fsp3) is 0.0909. The van der Waals surface area contributed by atoms with Crippen LogP contribution in [0.25, 0.3) is 0 Å². The van der Waals surface area contributed by atoms with Crippen LogP contribution in [0.3, 0.4) is 0 Å². The van der Waals surface area contributed by atoms with Crippen LogP contribution in [-0.2, 0) is 6.61 Å². The highest BCUT2D eigenvalue weighted by Gasteiger charge is 2.11. The normalized spacial score (nSPS) is 10.6. The minimum absolute atomic E-state index is 0.330. The number of nitrogens with zero attached hydrogens (tertiary/aromatic N) is 1. The van der Waals surface area contributed by atoms with Crippen molar-refractivity contribution in [3.8, 4) is 11.5 Å². The van der Waals surface area contributed by atoms with Crippen molar-refractivity contribution in [1.82, 2.24) is 5.43 Å². The van der Waals surface area contributed by atoms with E-state index < -0.39 is 0 Å². The van der Waals surface area contributed by atoms with E-state index in [0.29, 0.717) is 17.9 Å². The van der Waals surface area contributed by atoms with Gasteiger partial charge in [-0.1, -0.05) is 42.5 Å². The molecule has 0 atom stereocenters. The van der Waals surface area contributed by atoms with Gasteiger partial charge in [-0.25, -0.2) is 5.43 Å². The molecule has 1 amide bonds. The maximum Gasteiger partial charge on any atom is 0.275 e. The molecule has 5 nitrogen and oxygen atoms in total. The topological polar surface area (TPSA) is 59.9 Å². The molecule has 0 aromatic heterocycles. The van der Waals surface area contributed by atoms with E-state index in [2.05, 4.69) is 10.5 Å². The van der Waals surface area contributed by atoms with E-state index in [4.69, 9.17) is 9.47 Å². The maximum absolute atomic E-state index is 12.4. The predicted molar refractivity (Wildman–Crippen MR) is 105 cm³/mol. The zero-order chi connectivity index (χ0) is 18.9. The minimum Gasteiger partial charge on any atom is -0.497 e. The molecule has 5 heteroatoms. The first-order chi connectivity index (χ1) is 13.3. The van der Waals surface area contributed by atoms with Gasteiger partial charge in [-0.15, -0.1) is 0 Å². The summed E-state index contributed by atoms with van der Waals surface area (Å²) in [5.41, 5.74) is 4.85. The van der Waals surface area contributed by atoms with Crippen molar-refractivity contribution in [2.75, 3.05) is 7.11 Å². The van der Waals surface area contributed by atoms with Crippen LogP contribution in [0, 0.1) is 0 Å². The SMILES string of the molecule is COc1ccc(C=NNC(=O)c2ccccc2OCc2ccccc2)cc1. The number of hydrogen-bond acceptors (Lipinski definition) is 4. The second-order valence-electron chi connectivity index (χ2n) is 5.74. The van der Waals surface area contributed by atoms with Gasteiger partial charge in [0.1, 0.15) is 18.1 Å². The third-order valence-corrected chi connectivity index (χ3v) is 3.86. The first kappa shape index (κ1) is 18.2. The molecule has 0 unspecified atom stereocenters. The van der Waals surface area contributed by atoms with Gasteiger partial charge in [0, 0.05) is 0 Å². The molecule has 0 saturated heterocycles. The highest BCUT2D eigenvalue weighted by atomic mass is 16.5. The lowest BCUT2D eigenvalue weighted by Gasteiger charge is -2.10. The van der Waals surface area contributed by atoms with Gasteiger partial charge in [-0.05, 0) is 47.5 Å². The lowest BCUT2D eigenvalue weighted by molar-refractivity contribution is 0.0950. The summed E-state index contributed by atoms with van der Waals surface area (Å²) in [5, 5.41) is 4.01. The molecular formula is C22H20N2O3. The first-order valence-corrected chi connectivity index (χ1v) is 8.49. The molecule has 0 aliphatic carbocycles. The summed E-state index contributed by atoms with van der Waals surface area (Å²) in [7, 11) is 1.61. The van der Waals surface area contributed by atoms with Gasteiger partial charge in [0.15, 0.2) is 0 Å². The Morgan fingerprint density at radius 1 is 0.963 bits per heavy atom. The van der Waals surface area contributed by atoms with Crippen molar-refractivity contribution in [2.45, 2.75) is 6.61 Å². The van der Waals surface area contributed by atoms with E-state index in [1.165, 1.54) is 0 Å². The second-order valence-corrected chi connectivity index (χ2v) is 5.74. The molecule has 3 rings (SSSR count). The molecule has 0 spiro atoms. The molecule has 0 aliphatic rings. The van der Waals surface area contributed by atoms with Gasteiger partial charge < -0.3 is 9.47 Å². The number of carbonyl (C=O) groups is 1. The van der Waals surface area contributed by atoms with Gasteiger partial charge >= 0.3 is 0 Å². The zero-order valence-electron chi connectivity index (χ0n) is 15.0. The van der Waals surface area contributed by atoms with E-state index in [1.54, 1.807) is 31.5 Å². The van der Waals surface area contributed by atoms with Crippen molar-refractivity contribution in [3.63, 3.8) is 0 Å². The second kappa shape index (κ2) is 9.20. The Hall–Kier alpha value is -3.60. The number of hydrazone groups is 1. The van der Waals surface area contributed by atoms with Crippen LogP contribution in [0.1, 0.15) is 21.5 Å². The lowest BCUT2D eigenvalue weighted by Crippen LogP contribution is -2.18. The molecule has 0 fully saturated rings. The van der Waals surface area contributed by atoms with Crippen molar-refractivity contribution in [1.29, 1.82) is 0 Å². The monoisotopic (exact) mass is 360 g/mol. The van der Waals surface area contributed by atoms with Crippen LogP contribution in [0.15, 0.2) is 84.0 Å². The highest BCUT2D eigenvalue weighted by Crippen LogP contribution is 2.19. The van der Waals surface area contributed by atoms with Gasteiger partial charge in [0.2, 0.25) is 0 Å². The zero-order valence-corrected chi connectivity index (χ0v) is 15.0. The number of carbonyl (C=O) groups excluding carboxylic acids is 1. The Morgan fingerprint density at radius 2 is 1.67 bits per heavy atom. The Labute approximate surface area is 158 Å². The molecule has 0 saturated carbocycles. The van der Waals surface area contributed by atoms with E-state index in [1.807, 2.05) is 60.7 Å². The van der Waals surface area contributed by atoms with Crippen LogP contribution in [0.4, 0.5) is 0 Å². The van der Waals surface area contributed by atoms with Crippen molar-refractivity contribution >= 4 is 12.1 Å². The van der Waals surface area contributed by atoms with Crippen LogP contribution in [0.2, 0.25) is 0 Å². The average molecular weight is 360 g/mol. The molecular weight excluding hydrogens is 340 g/mol. The fourth-order valence-corrected chi connectivity index (χ4v) is 2.43. The quantitative estimate of drug-likeness (QED) is 0.511. The smallest absolute Gasteiger partial charge is 0.275 e. The summed E-state index contributed by atoms with van der Waals surface area (Å²) < 4.78 is 10.9. The average Bonchev–Trinajstić information content (AvgIpc) is 2.73. The number of ether oxygens (including phenoxy) is 2.